The fourth-order valence-corrected chi connectivity index (χ4v) is 1.89. The molecule has 0 aromatic carbocycles. The molecule has 1 rings (SSSR count). The van der Waals surface area contributed by atoms with Crippen molar-refractivity contribution in [2.45, 2.75) is 30.8 Å². The summed E-state index contributed by atoms with van der Waals surface area (Å²) < 4.78 is 0. The molecule has 0 spiro atoms. The molecule has 0 heterocycles. The Morgan fingerprint density at radius 3 is 1.62 bits per heavy atom. The Morgan fingerprint density at radius 2 is 1.31 bits per heavy atom. The minimum absolute atomic E-state index is 0.172. The largest absolute Gasteiger partial charge is 0.480 e. The Labute approximate surface area is 89.4 Å². The van der Waals surface area contributed by atoms with Crippen LogP contribution in [0.2, 0.25) is 0 Å². The summed E-state index contributed by atoms with van der Waals surface area (Å²) in [5.74, 6) is -10.9. The highest BCUT2D eigenvalue weighted by Crippen LogP contribution is 2.47. The van der Waals surface area contributed by atoms with E-state index in [0.717, 1.165) is 0 Å². The monoisotopic (exact) mass is 236 g/mol. The summed E-state index contributed by atoms with van der Waals surface area (Å²) in [7, 11) is 0. The summed E-state index contributed by atoms with van der Waals surface area (Å²) in [4.78, 5) is 21.8. The van der Waals surface area contributed by atoms with E-state index in [4.69, 9.17) is 10.2 Å². The van der Waals surface area contributed by atoms with Crippen LogP contribution >= 0.6 is 0 Å². The number of carbonyl (C=O) groups is 2. The molecule has 1 aliphatic carbocycles. The molecule has 0 radical (unpaired) electrons. The first-order chi connectivity index (χ1) is 7.09. The molecule has 1 fully saturated rings. The van der Waals surface area contributed by atoms with Gasteiger partial charge in [0.2, 0.25) is 17.0 Å². The Kier molecular flexibility index (Phi) is 2.72. The fraction of sp³-hybridized carbons (Fsp3) is 0.750. The minimum Gasteiger partial charge on any atom is -0.480 e. The zero-order chi connectivity index (χ0) is 12.8. The number of hydrogen-bond donors (Lipinski definition) is 6. The van der Waals surface area contributed by atoms with Crippen LogP contribution < -0.4 is 0 Å². The van der Waals surface area contributed by atoms with Crippen molar-refractivity contribution in [1.29, 1.82) is 0 Å². The van der Waals surface area contributed by atoms with Gasteiger partial charge in [0, 0.05) is 6.42 Å². The van der Waals surface area contributed by atoms with Gasteiger partial charge in [-0.2, -0.15) is 0 Å². The first-order valence-corrected chi connectivity index (χ1v) is 4.46. The molecular weight excluding hydrogens is 224 g/mol. The third-order valence-corrected chi connectivity index (χ3v) is 2.96. The number of carboxylic acid groups (broad SMARTS) is 2. The molecule has 0 saturated heterocycles. The Morgan fingerprint density at radius 1 is 0.875 bits per heavy atom. The lowest BCUT2D eigenvalue weighted by atomic mass is 9.66. The van der Waals surface area contributed by atoms with Gasteiger partial charge in [-0.1, -0.05) is 0 Å². The van der Waals surface area contributed by atoms with Gasteiger partial charge in [-0.05, 0) is 12.8 Å². The van der Waals surface area contributed by atoms with Crippen LogP contribution in [0.15, 0.2) is 0 Å². The molecule has 1 aliphatic rings. The topological polar surface area (TPSA) is 156 Å². The maximum atomic E-state index is 10.9. The second kappa shape index (κ2) is 3.39. The van der Waals surface area contributed by atoms with Crippen LogP contribution in [0.3, 0.4) is 0 Å². The van der Waals surface area contributed by atoms with Crippen LogP contribution in [0, 0.1) is 5.41 Å². The lowest BCUT2D eigenvalue weighted by Crippen LogP contribution is -2.71. The molecule has 16 heavy (non-hydrogen) atoms. The quantitative estimate of drug-likeness (QED) is 0.230. The van der Waals surface area contributed by atoms with Gasteiger partial charge in [0.05, 0.1) is 0 Å². The van der Waals surface area contributed by atoms with E-state index in [-0.39, 0.29) is 6.42 Å². The SMILES string of the molecule is O=C(O)C1(C(=O)O)CCCC(O)(O)C1(O)O. The number of aliphatic hydroxyl groups is 4. The van der Waals surface area contributed by atoms with Gasteiger partial charge in [-0.3, -0.25) is 9.59 Å². The molecule has 0 atom stereocenters. The Balaban J connectivity index is 3.39. The first-order valence-electron chi connectivity index (χ1n) is 4.46. The third kappa shape index (κ3) is 1.31. The maximum Gasteiger partial charge on any atom is 0.326 e. The van der Waals surface area contributed by atoms with Crippen molar-refractivity contribution in [2.75, 3.05) is 0 Å². The van der Waals surface area contributed by atoms with Gasteiger partial charge in [-0.15, -0.1) is 0 Å². The number of rotatable bonds is 2. The van der Waals surface area contributed by atoms with E-state index < -0.39 is 41.8 Å². The lowest BCUT2D eigenvalue weighted by Gasteiger charge is -2.47. The molecule has 0 amide bonds. The van der Waals surface area contributed by atoms with E-state index in [1.54, 1.807) is 0 Å². The molecule has 92 valence electrons. The van der Waals surface area contributed by atoms with Crippen molar-refractivity contribution >= 4 is 11.9 Å². The highest BCUT2D eigenvalue weighted by Gasteiger charge is 2.72. The average Bonchev–Trinajstić information content (AvgIpc) is 2.08. The molecule has 0 aliphatic heterocycles. The zero-order valence-electron chi connectivity index (χ0n) is 8.12. The van der Waals surface area contributed by atoms with E-state index in [9.17, 15) is 30.0 Å². The summed E-state index contributed by atoms with van der Waals surface area (Å²) in [6.45, 7) is 0. The second-order valence-electron chi connectivity index (χ2n) is 3.86. The van der Waals surface area contributed by atoms with E-state index in [1.165, 1.54) is 0 Å². The van der Waals surface area contributed by atoms with Crippen molar-refractivity contribution in [3.63, 3.8) is 0 Å². The lowest BCUT2D eigenvalue weighted by molar-refractivity contribution is -0.401. The normalized spacial score (nSPS) is 26.0. The van der Waals surface area contributed by atoms with E-state index in [0.29, 0.717) is 0 Å². The standard InChI is InChI=1S/C8H12O8/c9-4(10)6(5(11)12)2-1-3-7(13,14)8(6,15)16/h13-16H,1-3H2,(H,9,10)(H,11,12). The molecule has 6 N–H and O–H groups in total. The van der Waals surface area contributed by atoms with Gasteiger partial charge in [0.1, 0.15) is 0 Å². The maximum absolute atomic E-state index is 10.9. The summed E-state index contributed by atoms with van der Waals surface area (Å²) in [6, 6.07) is 0. The number of hydrogen-bond acceptors (Lipinski definition) is 6. The van der Waals surface area contributed by atoms with Crippen LogP contribution in [-0.2, 0) is 9.59 Å². The molecule has 8 nitrogen and oxygen atoms in total. The van der Waals surface area contributed by atoms with Gasteiger partial charge < -0.3 is 30.6 Å². The van der Waals surface area contributed by atoms with Gasteiger partial charge in [0.25, 0.3) is 0 Å². The van der Waals surface area contributed by atoms with Crippen LogP contribution in [0.4, 0.5) is 0 Å². The Hall–Kier alpha value is -1.22. The average molecular weight is 236 g/mol. The second-order valence-corrected chi connectivity index (χ2v) is 3.86. The molecule has 0 aromatic rings. The predicted octanol–water partition coefficient (Wildman–Crippen LogP) is -2.31. The van der Waals surface area contributed by atoms with Crippen LogP contribution in [0.5, 0.6) is 0 Å². The molecule has 0 unspecified atom stereocenters. The van der Waals surface area contributed by atoms with E-state index in [2.05, 4.69) is 0 Å². The highest BCUT2D eigenvalue weighted by molar-refractivity contribution is 5.99. The van der Waals surface area contributed by atoms with Gasteiger partial charge in [0.15, 0.2) is 0 Å². The molecule has 0 aromatic heterocycles. The molecule has 8 heteroatoms. The number of carboxylic acids is 2. The zero-order valence-corrected chi connectivity index (χ0v) is 8.12. The summed E-state index contributed by atoms with van der Waals surface area (Å²) >= 11 is 0. The summed E-state index contributed by atoms with van der Waals surface area (Å²) in [5, 5.41) is 55.0. The Bertz CT molecular complexity index is 317. The highest BCUT2D eigenvalue weighted by atomic mass is 16.6. The third-order valence-electron chi connectivity index (χ3n) is 2.96. The van der Waals surface area contributed by atoms with Crippen molar-refractivity contribution in [2.24, 2.45) is 5.41 Å². The van der Waals surface area contributed by atoms with E-state index in [1.807, 2.05) is 0 Å². The van der Waals surface area contributed by atoms with Crippen LogP contribution in [0.1, 0.15) is 19.3 Å². The van der Waals surface area contributed by atoms with Gasteiger partial charge in [-0.25, -0.2) is 0 Å². The first kappa shape index (κ1) is 12.8. The number of aliphatic carboxylic acids is 2. The van der Waals surface area contributed by atoms with Crippen LogP contribution in [0.25, 0.3) is 0 Å². The minimum atomic E-state index is -3.66. The fourth-order valence-electron chi connectivity index (χ4n) is 1.89. The van der Waals surface area contributed by atoms with Gasteiger partial charge >= 0.3 is 11.9 Å². The smallest absolute Gasteiger partial charge is 0.326 e. The molecule has 1 saturated carbocycles. The summed E-state index contributed by atoms with van der Waals surface area (Å²) in [5.41, 5.74) is -3.05. The molecule has 0 bridgehead atoms. The summed E-state index contributed by atoms with van der Waals surface area (Å²) in [6.07, 6.45) is -1.30. The van der Waals surface area contributed by atoms with Crippen LogP contribution in [-0.4, -0.2) is 54.2 Å². The molecular formula is C8H12O8. The van der Waals surface area contributed by atoms with Crippen molar-refractivity contribution < 1.29 is 40.2 Å². The predicted molar refractivity (Wildman–Crippen MR) is 45.9 cm³/mol. The van der Waals surface area contributed by atoms with E-state index >= 15 is 0 Å². The van der Waals surface area contributed by atoms with Crippen molar-refractivity contribution in [1.82, 2.24) is 0 Å². The van der Waals surface area contributed by atoms with Crippen molar-refractivity contribution in [3.05, 3.63) is 0 Å². The van der Waals surface area contributed by atoms with Crippen molar-refractivity contribution in [3.8, 4) is 0 Å².